The third kappa shape index (κ3) is 3.28. The van der Waals surface area contributed by atoms with E-state index in [-0.39, 0.29) is 18.6 Å². The highest BCUT2D eigenvalue weighted by Crippen LogP contribution is 2.05. The molecule has 88 valence electrons. The van der Waals surface area contributed by atoms with Crippen LogP contribution in [0.25, 0.3) is 0 Å². The maximum atomic E-state index is 8.95. The van der Waals surface area contributed by atoms with Gasteiger partial charge in [-0.2, -0.15) is 5.26 Å². The fraction of sp³-hybridized carbons (Fsp3) is 0.333. The molecule has 0 saturated carbocycles. The largest absolute Gasteiger partial charge is 0.389 e. The van der Waals surface area contributed by atoms with Gasteiger partial charge in [0.2, 0.25) is 0 Å². The number of nitriles is 1. The summed E-state index contributed by atoms with van der Waals surface area (Å²) in [5.74, 6) is 0. The SMILES string of the molecule is N#C/C(=N\OCC1OCCO1)c1ccccc1. The van der Waals surface area contributed by atoms with Crippen molar-refractivity contribution in [3.63, 3.8) is 0 Å². The zero-order chi connectivity index (χ0) is 11.9. The number of nitrogens with zero attached hydrogens (tertiary/aromatic N) is 2. The van der Waals surface area contributed by atoms with Crippen molar-refractivity contribution in [1.29, 1.82) is 5.26 Å². The molecule has 1 aromatic rings. The van der Waals surface area contributed by atoms with E-state index in [1.807, 2.05) is 24.3 Å². The Labute approximate surface area is 99.2 Å². The fourth-order valence-electron chi connectivity index (χ4n) is 1.40. The average molecular weight is 232 g/mol. The summed E-state index contributed by atoms with van der Waals surface area (Å²) in [7, 11) is 0. The van der Waals surface area contributed by atoms with Gasteiger partial charge in [-0.15, -0.1) is 0 Å². The highest BCUT2D eigenvalue weighted by Gasteiger charge is 2.16. The molecule has 1 heterocycles. The molecule has 1 fully saturated rings. The molecule has 1 saturated heterocycles. The highest BCUT2D eigenvalue weighted by atomic mass is 16.7. The lowest BCUT2D eigenvalue weighted by atomic mass is 10.1. The smallest absolute Gasteiger partial charge is 0.194 e. The van der Waals surface area contributed by atoms with Gasteiger partial charge in [-0.1, -0.05) is 35.5 Å². The van der Waals surface area contributed by atoms with E-state index in [9.17, 15) is 0 Å². The number of ether oxygens (including phenoxy) is 2. The second-order valence-electron chi connectivity index (χ2n) is 3.38. The first-order chi connectivity index (χ1) is 8.40. The summed E-state index contributed by atoms with van der Waals surface area (Å²) in [5.41, 5.74) is 0.965. The third-order valence-electron chi connectivity index (χ3n) is 2.21. The van der Waals surface area contributed by atoms with Crippen molar-refractivity contribution in [2.75, 3.05) is 19.8 Å². The van der Waals surface area contributed by atoms with E-state index in [0.717, 1.165) is 5.56 Å². The number of hydrogen-bond donors (Lipinski definition) is 0. The normalized spacial score (nSPS) is 16.8. The summed E-state index contributed by atoms with van der Waals surface area (Å²) in [4.78, 5) is 5.04. The third-order valence-corrected chi connectivity index (χ3v) is 2.21. The average Bonchev–Trinajstić information content (AvgIpc) is 2.89. The quantitative estimate of drug-likeness (QED) is 0.580. The van der Waals surface area contributed by atoms with Crippen LogP contribution in [0, 0.1) is 11.3 Å². The predicted octanol–water partition coefficient (Wildman–Crippen LogP) is 1.30. The lowest BCUT2D eigenvalue weighted by molar-refractivity contribution is -0.0933. The molecule has 0 N–H and O–H groups in total. The van der Waals surface area contributed by atoms with E-state index in [0.29, 0.717) is 13.2 Å². The van der Waals surface area contributed by atoms with Crippen LogP contribution in [0.2, 0.25) is 0 Å². The van der Waals surface area contributed by atoms with Crippen LogP contribution in [0.3, 0.4) is 0 Å². The lowest BCUT2D eigenvalue weighted by Crippen LogP contribution is -2.15. The van der Waals surface area contributed by atoms with Crippen molar-refractivity contribution >= 4 is 5.71 Å². The first-order valence-corrected chi connectivity index (χ1v) is 5.29. The van der Waals surface area contributed by atoms with Crippen molar-refractivity contribution in [2.45, 2.75) is 6.29 Å². The van der Waals surface area contributed by atoms with Crippen LogP contribution in [-0.2, 0) is 14.3 Å². The zero-order valence-corrected chi connectivity index (χ0v) is 9.20. The van der Waals surface area contributed by atoms with E-state index >= 15 is 0 Å². The Kier molecular flexibility index (Phi) is 4.08. The fourth-order valence-corrected chi connectivity index (χ4v) is 1.40. The van der Waals surface area contributed by atoms with Crippen LogP contribution >= 0.6 is 0 Å². The minimum Gasteiger partial charge on any atom is -0.389 e. The van der Waals surface area contributed by atoms with Gasteiger partial charge in [0.05, 0.1) is 13.2 Å². The monoisotopic (exact) mass is 232 g/mol. The van der Waals surface area contributed by atoms with E-state index in [2.05, 4.69) is 5.16 Å². The van der Waals surface area contributed by atoms with Gasteiger partial charge in [-0.3, -0.25) is 0 Å². The molecular weight excluding hydrogens is 220 g/mol. The molecule has 17 heavy (non-hydrogen) atoms. The molecule has 1 aliphatic heterocycles. The molecule has 5 nitrogen and oxygen atoms in total. The van der Waals surface area contributed by atoms with Crippen LogP contribution in [-0.4, -0.2) is 31.8 Å². The van der Waals surface area contributed by atoms with Crippen molar-refractivity contribution in [3.8, 4) is 6.07 Å². The van der Waals surface area contributed by atoms with E-state index in [4.69, 9.17) is 19.6 Å². The molecule has 5 heteroatoms. The molecule has 0 unspecified atom stereocenters. The van der Waals surface area contributed by atoms with Gasteiger partial charge in [-0.05, 0) is 0 Å². The Morgan fingerprint density at radius 3 is 2.71 bits per heavy atom. The standard InChI is InChI=1S/C12H12N2O3/c13-8-11(10-4-2-1-3-5-10)14-17-9-12-15-6-7-16-12/h1-5,12H,6-7,9H2/b14-11+. The van der Waals surface area contributed by atoms with Crippen LogP contribution < -0.4 is 0 Å². The number of hydrogen-bond acceptors (Lipinski definition) is 5. The molecule has 0 aliphatic carbocycles. The summed E-state index contributed by atoms with van der Waals surface area (Å²) in [6.45, 7) is 1.33. The minimum absolute atomic E-state index is 0.192. The van der Waals surface area contributed by atoms with E-state index in [1.165, 1.54) is 0 Å². The summed E-state index contributed by atoms with van der Waals surface area (Å²) in [6, 6.07) is 11.1. The predicted molar refractivity (Wildman–Crippen MR) is 60.2 cm³/mol. The topological polar surface area (TPSA) is 63.8 Å². The van der Waals surface area contributed by atoms with Crippen molar-refractivity contribution in [2.24, 2.45) is 5.16 Å². The van der Waals surface area contributed by atoms with Crippen LogP contribution in [0.4, 0.5) is 0 Å². The van der Waals surface area contributed by atoms with Gasteiger partial charge >= 0.3 is 0 Å². The van der Waals surface area contributed by atoms with Crippen molar-refractivity contribution in [1.82, 2.24) is 0 Å². The molecule has 0 amide bonds. The Balaban J connectivity index is 1.92. The van der Waals surface area contributed by atoms with Crippen LogP contribution in [0.15, 0.2) is 35.5 Å². The second-order valence-corrected chi connectivity index (χ2v) is 3.38. The number of benzene rings is 1. The summed E-state index contributed by atoms with van der Waals surface area (Å²) in [6.07, 6.45) is -0.380. The van der Waals surface area contributed by atoms with Gasteiger partial charge in [-0.25, -0.2) is 0 Å². The molecule has 0 spiro atoms. The van der Waals surface area contributed by atoms with Crippen molar-refractivity contribution in [3.05, 3.63) is 35.9 Å². The van der Waals surface area contributed by atoms with Gasteiger partial charge in [0.15, 0.2) is 18.6 Å². The highest BCUT2D eigenvalue weighted by molar-refractivity contribution is 6.11. The Morgan fingerprint density at radius 1 is 1.35 bits per heavy atom. The maximum Gasteiger partial charge on any atom is 0.194 e. The Bertz CT molecular complexity index is 419. The van der Waals surface area contributed by atoms with Crippen molar-refractivity contribution < 1.29 is 14.3 Å². The molecule has 0 radical (unpaired) electrons. The molecule has 0 atom stereocenters. The minimum atomic E-state index is -0.380. The van der Waals surface area contributed by atoms with Crippen LogP contribution in [0.1, 0.15) is 5.56 Å². The molecule has 0 bridgehead atoms. The first-order valence-electron chi connectivity index (χ1n) is 5.29. The zero-order valence-electron chi connectivity index (χ0n) is 9.20. The Hall–Kier alpha value is -1.90. The van der Waals surface area contributed by atoms with Gasteiger partial charge < -0.3 is 14.3 Å². The first kappa shape index (κ1) is 11.6. The van der Waals surface area contributed by atoms with E-state index < -0.39 is 0 Å². The second kappa shape index (κ2) is 5.99. The maximum absolute atomic E-state index is 8.95. The lowest BCUT2D eigenvalue weighted by Gasteiger charge is -2.06. The van der Waals surface area contributed by atoms with Gasteiger partial charge in [0.1, 0.15) is 6.07 Å². The molecule has 1 aromatic carbocycles. The summed E-state index contributed by atoms with van der Waals surface area (Å²) in [5, 5.41) is 12.7. The Morgan fingerprint density at radius 2 is 2.06 bits per heavy atom. The summed E-state index contributed by atoms with van der Waals surface area (Å²) >= 11 is 0. The number of oxime groups is 1. The molecule has 1 aliphatic rings. The van der Waals surface area contributed by atoms with Crippen LogP contribution in [0.5, 0.6) is 0 Å². The van der Waals surface area contributed by atoms with Gasteiger partial charge in [0.25, 0.3) is 0 Å². The molecule has 2 rings (SSSR count). The van der Waals surface area contributed by atoms with Gasteiger partial charge in [0, 0.05) is 5.56 Å². The summed E-state index contributed by atoms with van der Waals surface area (Å²) < 4.78 is 10.3. The van der Waals surface area contributed by atoms with E-state index in [1.54, 1.807) is 12.1 Å². The molecular formula is C12H12N2O3. The number of rotatable bonds is 4. The molecule has 0 aromatic heterocycles.